The van der Waals surface area contributed by atoms with Gasteiger partial charge < -0.3 is 11.1 Å². The third kappa shape index (κ3) is 6.12. The van der Waals surface area contributed by atoms with Gasteiger partial charge >= 0.3 is 0 Å². The number of amides is 2. The van der Waals surface area contributed by atoms with Crippen LogP contribution in [-0.4, -0.2) is 37.7 Å². The summed E-state index contributed by atoms with van der Waals surface area (Å²) in [6, 6.07) is 3.83. The molecule has 0 saturated heterocycles. The molecule has 25 heavy (non-hydrogen) atoms. The van der Waals surface area contributed by atoms with E-state index in [0.717, 1.165) is 12.1 Å². The maximum Gasteiger partial charge on any atom is 0.289 e. The molecule has 11 heteroatoms. The zero-order valence-electron chi connectivity index (χ0n) is 13.8. The molecule has 1 aromatic rings. The molecular formula is C14H20N4O6S. The number of nitro benzene ring substituents is 1. The number of primary amides is 1. The number of benzene rings is 1. The molecule has 0 saturated carbocycles. The van der Waals surface area contributed by atoms with Crippen LogP contribution < -0.4 is 15.8 Å². The zero-order chi connectivity index (χ0) is 19.2. The highest BCUT2D eigenvalue weighted by Crippen LogP contribution is 2.22. The van der Waals surface area contributed by atoms with Gasteiger partial charge in [0, 0.05) is 6.07 Å². The summed E-state index contributed by atoms with van der Waals surface area (Å²) < 4.78 is 26.3. The standard InChI is InChI=1S/C14H20N4O6S/c1-9(2)7-10(14(15)20)17-13(19)8-16-25(23,24)12-6-4-3-5-11(12)18(21)22/h3-6,9-10,16H,7-8H2,1-2H3,(H2,15,20)(H,17,19)/t10-/m0/s1. The number of carbonyl (C=O) groups is 2. The summed E-state index contributed by atoms with van der Waals surface area (Å²) in [6.45, 7) is 2.98. The van der Waals surface area contributed by atoms with Crippen LogP contribution >= 0.6 is 0 Å². The van der Waals surface area contributed by atoms with Gasteiger partial charge in [-0.2, -0.15) is 0 Å². The molecular weight excluding hydrogens is 352 g/mol. The van der Waals surface area contributed by atoms with Gasteiger partial charge in [-0.1, -0.05) is 26.0 Å². The average Bonchev–Trinajstić information content (AvgIpc) is 2.52. The SMILES string of the molecule is CC(C)C[C@H](NC(=O)CNS(=O)(=O)c1ccccc1[N+](=O)[O-])C(N)=O. The molecule has 0 spiro atoms. The summed E-state index contributed by atoms with van der Waals surface area (Å²) in [6.07, 6.45) is 0.304. The number of nitrogens with one attached hydrogen (secondary N) is 2. The lowest BCUT2D eigenvalue weighted by Crippen LogP contribution is -2.48. The molecule has 1 rings (SSSR count). The second-order valence-corrected chi connectivity index (χ2v) is 7.44. The second-order valence-electron chi connectivity index (χ2n) is 5.70. The van der Waals surface area contributed by atoms with Crippen molar-refractivity contribution in [3.05, 3.63) is 34.4 Å². The van der Waals surface area contributed by atoms with Crippen LogP contribution in [0.3, 0.4) is 0 Å². The maximum atomic E-state index is 12.2. The van der Waals surface area contributed by atoms with E-state index in [4.69, 9.17) is 5.73 Å². The molecule has 10 nitrogen and oxygen atoms in total. The Bertz CT molecular complexity index is 762. The van der Waals surface area contributed by atoms with E-state index in [1.54, 1.807) is 0 Å². The molecule has 1 atom stereocenters. The lowest BCUT2D eigenvalue weighted by molar-refractivity contribution is -0.387. The zero-order valence-corrected chi connectivity index (χ0v) is 14.6. The molecule has 0 fully saturated rings. The van der Waals surface area contributed by atoms with Crippen molar-refractivity contribution in [3.8, 4) is 0 Å². The van der Waals surface area contributed by atoms with Gasteiger partial charge in [0.25, 0.3) is 5.69 Å². The Balaban J connectivity index is 2.81. The minimum Gasteiger partial charge on any atom is -0.368 e. The molecule has 0 aliphatic rings. The highest BCUT2D eigenvalue weighted by Gasteiger charge is 2.26. The summed E-state index contributed by atoms with van der Waals surface area (Å²) in [5, 5.41) is 13.2. The average molecular weight is 372 g/mol. The van der Waals surface area contributed by atoms with Gasteiger partial charge in [0.05, 0.1) is 11.5 Å². The molecule has 0 aromatic heterocycles. The van der Waals surface area contributed by atoms with Gasteiger partial charge in [-0.3, -0.25) is 19.7 Å². The molecule has 0 heterocycles. The minimum atomic E-state index is -4.28. The predicted octanol–water partition coefficient (Wildman–Crippen LogP) is -0.111. The number of para-hydroxylation sites is 1. The van der Waals surface area contributed by atoms with Crippen molar-refractivity contribution in [1.82, 2.24) is 10.0 Å². The minimum absolute atomic E-state index is 0.0847. The summed E-state index contributed by atoms with van der Waals surface area (Å²) in [5.41, 5.74) is 4.59. The lowest BCUT2D eigenvalue weighted by atomic mass is 10.0. The molecule has 0 unspecified atom stereocenters. The largest absolute Gasteiger partial charge is 0.368 e. The molecule has 138 valence electrons. The molecule has 0 aliphatic heterocycles. The smallest absolute Gasteiger partial charge is 0.289 e. The van der Waals surface area contributed by atoms with Crippen LogP contribution in [-0.2, 0) is 19.6 Å². The Morgan fingerprint density at radius 2 is 1.88 bits per heavy atom. The van der Waals surface area contributed by atoms with Crippen LogP contribution in [0.2, 0.25) is 0 Å². The number of nitrogens with zero attached hydrogens (tertiary/aromatic N) is 1. The number of hydrogen-bond acceptors (Lipinski definition) is 6. The van der Waals surface area contributed by atoms with Crippen molar-refractivity contribution in [1.29, 1.82) is 0 Å². The van der Waals surface area contributed by atoms with E-state index >= 15 is 0 Å². The van der Waals surface area contributed by atoms with Gasteiger partial charge in [0.2, 0.25) is 21.8 Å². The van der Waals surface area contributed by atoms with Gasteiger partial charge in [0.15, 0.2) is 4.90 Å². The van der Waals surface area contributed by atoms with Crippen molar-refractivity contribution < 1.29 is 22.9 Å². The number of carbonyl (C=O) groups excluding carboxylic acids is 2. The van der Waals surface area contributed by atoms with Crippen LogP contribution in [0.4, 0.5) is 5.69 Å². The maximum absolute atomic E-state index is 12.2. The fraction of sp³-hybridized carbons (Fsp3) is 0.429. The molecule has 1 aromatic carbocycles. The topological polar surface area (TPSA) is 162 Å². The first-order chi connectivity index (χ1) is 11.5. The van der Waals surface area contributed by atoms with Gasteiger partial charge in [0.1, 0.15) is 6.04 Å². The Kier molecular flexibility index (Phi) is 7.00. The summed E-state index contributed by atoms with van der Waals surface area (Å²) in [4.78, 5) is 32.7. The Labute approximate surface area is 145 Å². The van der Waals surface area contributed by atoms with Crippen molar-refractivity contribution in [3.63, 3.8) is 0 Å². The fourth-order valence-electron chi connectivity index (χ4n) is 2.04. The fourth-order valence-corrected chi connectivity index (χ4v) is 3.19. The van der Waals surface area contributed by atoms with Gasteiger partial charge in [-0.25, -0.2) is 13.1 Å². The third-order valence-corrected chi connectivity index (χ3v) is 4.61. The second kappa shape index (κ2) is 8.53. The predicted molar refractivity (Wildman–Crippen MR) is 88.9 cm³/mol. The van der Waals surface area contributed by atoms with Crippen molar-refractivity contribution in [2.45, 2.75) is 31.2 Å². The first kappa shape index (κ1) is 20.5. The van der Waals surface area contributed by atoms with Crippen molar-refractivity contribution in [2.24, 2.45) is 11.7 Å². The van der Waals surface area contributed by atoms with Crippen molar-refractivity contribution >= 4 is 27.5 Å². The number of sulfonamides is 1. The quantitative estimate of drug-likeness (QED) is 0.404. The van der Waals surface area contributed by atoms with Crippen LogP contribution in [0.15, 0.2) is 29.2 Å². The number of nitrogens with two attached hydrogens (primary N) is 1. The Hall–Kier alpha value is -2.53. The molecule has 2 amide bonds. The van der Waals surface area contributed by atoms with Gasteiger partial charge in [-0.05, 0) is 18.4 Å². The lowest BCUT2D eigenvalue weighted by Gasteiger charge is -2.17. The summed E-state index contributed by atoms with van der Waals surface area (Å²) >= 11 is 0. The third-order valence-electron chi connectivity index (χ3n) is 3.16. The highest BCUT2D eigenvalue weighted by molar-refractivity contribution is 7.89. The number of nitro groups is 1. The normalized spacial score (nSPS) is 12.6. The van der Waals surface area contributed by atoms with E-state index in [1.807, 2.05) is 18.6 Å². The number of rotatable bonds is 9. The molecule has 0 aliphatic carbocycles. The monoisotopic (exact) mass is 372 g/mol. The molecule has 0 radical (unpaired) electrons. The van der Waals surface area contributed by atoms with E-state index in [-0.39, 0.29) is 5.92 Å². The van der Waals surface area contributed by atoms with Gasteiger partial charge in [-0.15, -0.1) is 0 Å². The van der Waals surface area contributed by atoms with Crippen LogP contribution in [0, 0.1) is 16.0 Å². The highest BCUT2D eigenvalue weighted by atomic mass is 32.2. The van der Waals surface area contributed by atoms with Crippen molar-refractivity contribution in [2.75, 3.05) is 6.54 Å². The molecule has 4 N–H and O–H groups in total. The number of hydrogen-bond donors (Lipinski definition) is 3. The summed E-state index contributed by atoms with van der Waals surface area (Å²) in [7, 11) is -4.28. The van der Waals surface area contributed by atoms with E-state index in [1.165, 1.54) is 12.1 Å². The first-order valence-electron chi connectivity index (χ1n) is 7.36. The Morgan fingerprint density at radius 1 is 1.28 bits per heavy atom. The van der Waals surface area contributed by atoms with Crippen LogP contribution in [0.5, 0.6) is 0 Å². The Morgan fingerprint density at radius 3 is 2.40 bits per heavy atom. The van der Waals surface area contributed by atoms with E-state index < -0.39 is 49.9 Å². The first-order valence-corrected chi connectivity index (χ1v) is 8.84. The van der Waals surface area contributed by atoms with E-state index in [2.05, 4.69) is 5.32 Å². The van der Waals surface area contributed by atoms with Crippen LogP contribution in [0.25, 0.3) is 0 Å². The molecule has 0 bridgehead atoms. The van der Waals surface area contributed by atoms with Crippen LogP contribution in [0.1, 0.15) is 20.3 Å². The summed E-state index contributed by atoms with van der Waals surface area (Å²) in [5.74, 6) is -1.42. The van der Waals surface area contributed by atoms with E-state index in [9.17, 15) is 28.1 Å². The van der Waals surface area contributed by atoms with E-state index in [0.29, 0.717) is 6.42 Å².